The number of azo groups is 1. The van der Waals surface area contributed by atoms with Gasteiger partial charge in [-0.25, -0.2) is 0 Å². The Morgan fingerprint density at radius 1 is 0.864 bits per heavy atom. The van der Waals surface area contributed by atoms with Crippen LogP contribution in [0.1, 0.15) is 0 Å². The molecule has 0 saturated carbocycles. The van der Waals surface area contributed by atoms with E-state index < -0.39 is 11.0 Å². The molecule has 0 aliphatic rings. The number of hydrogen-bond acceptors (Lipinski definition) is 6. The van der Waals surface area contributed by atoms with Crippen LogP contribution in [0.25, 0.3) is 0 Å². The van der Waals surface area contributed by atoms with Crippen LogP contribution in [0.2, 0.25) is 0 Å². The number of nitrogens with zero attached hydrogens (tertiary/aromatic N) is 3. The second-order valence-electron chi connectivity index (χ2n) is 4.42. The Morgan fingerprint density at radius 3 is 1.73 bits per heavy atom. The Hall–Kier alpha value is -1.41. The van der Waals surface area contributed by atoms with E-state index in [1.165, 1.54) is 12.1 Å². The monoisotopic (exact) mass is 329 g/mol. The van der Waals surface area contributed by atoms with Crippen molar-refractivity contribution in [2.24, 2.45) is 10.2 Å². The summed E-state index contributed by atoms with van der Waals surface area (Å²) in [4.78, 5) is 2.00. The van der Waals surface area contributed by atoms with Gasteiger partial charge >= 0.3 is 29.6 Å². The summed E-state index contributed by atoms with van der Waals surface area (Å²) in [5.41, 5.74) is 2.44. The molecule has 0 radical (unpaired) electrons. The predicted octanol–water partition coefficient (Wildman–Crippen LogP) is 2.42. The van der Waals surface area contributed by atoms with Crippen LogP contribution in [0.15, 0.2) is 58.8 Å². The number of thiol groups is 1. The maximum atomic E-state index is 10.4. The minimum absolute atomic E-state index is 0. The van der Waals surface area contributed by atoms with E-state index in [4.69, 9.17) is 0 Å². The van der Waals surface area contributed by atoms with E-state index in [1.54, 1.807) is 12.1 Å². The van der Waals surface area contributed by atoms with Crippen LogP contribution in [0.3, 0.4) is 0 Å². The fourth-order valence-corrected chi connectivity index (χ4v) is 1.89. The van der Waals surface area contributed by atoms with Crippen LogP contribution in [0.5, 0.6) is 5.75 Å². The van der Waals surface area contributed by atoms with Crippen LogP contribution < -0.4 is 9.08 Å². The molecule has 0 N–H and O–H groups in total. The zero-order valence-corrected chi connectivity index (χ0v) is 12.5. The zero-order valence-electron chi connectivity index (χ0n) is 11.6. The van der Waals surface area contributed by atoms with Crippen molar-refractivity contribution >= 4 is 57.6 Å². The number of rotatable bonds is 5. The Bertz CT molecular complexity index is 690. The van der Waals surface area contributed by atoms with Gasteiger partial charge in [-0.05, 0) is 48.5 Å². The van der Waals surface area contributed by atoms with E-state index in [2.05, 4.69) is 14.4 Å². The molecule has 8 heteroatoms. The number of hydrogen-bond donors (Lipinski definition) is 1. The molecular formula is C14H16N3NaO3S. The Balaban J connectivity index is 0.00000242. The first-order valence-corrected chi connectivity index (χ1v) is 7.26. The molecule has 0 bridgehead atoms. The van der Waals surface area contributed by atoms with E-state index in [0.717, 1.165) is 11.4 Å². The molecular weight excluding hydrogens is 313 g/mol. The Kier molecular flexibility index (Phi) is 7.53. The van der Waals surface area contributed by atoms with Gasteiger partial charge in [0.1, 0.15) is 5.75 Å². The molecule has 0 saturated heterocycles. The third-order valence-electron chi connectivity index (χ3n) is 2.66. The van der Waals surface area contributed by atoms with Crippen LogP contribution in [0, 0.1) is 0 Å². The minimum atomic E-state index is -2.90. The first kappa shape index (κ1) is 18.6. The Labute approximate surface area is 153 Å². The van der Waals surface area contributed by atoms with E-state index >= 15 is 0 Å². The van der Waals surface area contributed by atoms with Crippen LogP contribution >= 0.6 is 0 Å². The second kappa shape index (κ2) is 8.89. The van der Waals surface area contributed by atoms with Gasteiger partial charge in [0.2, 0.25) is 0 Å². The van der Waals surface area contributed by atoms with Crippen molar-refractivity contribution in [1.82, 2.24) is 0 Å². The molecule has 0 aromatic heterocycles. The molecule has 0 unspecified atom stereocenters. The van der Waals surface area contributed by atoms with Crippen molar-refractivity contribution in [1.29, 1.82) is 0 Å². The van der Waals surface area contributed by atoms with Crippen LogP contribution in [-0.4, -0.2) is 52.1 Å². The quantitative estimate of drug-likeness (QED) is 0.519. The molecule has 0 atom stereocenters. The average Bonchev–Trinajstić information content (AvgIpc) is 2.46. The van der Waals surface area contributed by atoms with Crippen LogP contribution in [-0.2, 0) is 11.0 Å². The average molecular weight is 329 g/mol. The third-order valence-corrected chi connectivity index (χ3v) is 3.02. The molecule has 112 valence electrons. The normalized spacial score (nSPS) is 10.5. The zero-order chi connectivity index (χ0) is 15.2. The second-order valence-corrected chi connectivity index (χ2v) is 5.05. The summed E-state index contributed by atoms with van der Waals surface area (Å²) >= 11 is 0. The van der Waals surface area contributed by atoms with Crippen molar-refractivity contribution < 1.29 is 12.6 Å². The van der Waals surface area contributed by atoms with E-state index in [-0.39, 0.29) is 35.3 Å². The van der Waals surface area contributed by atoms with Gasteiger partial charge in [0, 0.05) is 19.8 Å². The molecule has 0 heterocycles. The maximum absolute atomic E-state index is 10.4. The van der Waals surface area contributed by atoms with E-state index in [1.807, 2.05) is 43.3 Å². The van der Waals surface area contributed by atoms with Crippen molar-refractivity contribution in [2.75, 3.05) is 19.0 Å². The molecule has 2 aromatic rings. The summed E-state index contributed by atoms with van der Waals surface area (Å²) in [6.07, 6.45) is 0. The fraction of sp³-hybridized carbons (Fsp3) is 0.143. The van der Waals surface area contributed by atoms with Gasteiger partial charge < -0.3 is 9.08 Å². The summed E-state index contributed by atoms with van der Waals surface area (Å²) in [5.74, 6) is 0.250. The molecule has 0 fully saturated rings. The molecule has 0 aliphatic carbocycles. The first-order valence-electron chi connectivity index (χ1n) is 6.16. The van der Waals surface area contributed by atoms with Crippen molar-refractivity contribution in [3.8, 4) is 5.75 Å². The first-order chi connectivity index (χ1) is 10.0. The molecule has 2 aromatic carbocycles. The van der Waals surface area contributed by atoms with Gasteiger partial charge in [-0.15, -0.1) is 0 Å². The molecule has 6 nitrogen and oxygen atoms in total. The third kappa shape index (κ3) is 5.76. The van der Waals surface area contributed by atoms with E-state index in [0.29, 0.717) is 5.69 Å². The van der Waals surface area contributed by atoms with Crippen molar-refractivity contribution in [2.45, 2.75) is 0 Å². The van der Waals surface area contributed by atoms with Crippen molar-refractivity contribution in [3.63, 3.8) is 0 Å². The SMILES string of the molecule is CN(C)c1ccc(N=Nc2ccc(O[SH](=O)=O)cc2)cc1.[NaH]. The van der Waals surface area contributed by atoms with Gasteiger partial charge in [-0.3, -0.25) is 0 Å². The van der Waals surface area contributed by atoms with Gasteiger partial charge in [-0.1, -0.05) is 0 Å². The summed E-state index contributed by atoms with van der Waals surface area (Å²) in [6, 6.07) is 14.0. The molecule has 22 heavy (non-hydrogen) atoms. The molecule has 0 aliphatic heterocycles. The summed E-state index contributed by atoms with van der Waals surface area (Å²) in [5, 5.41) is 8.19. The van der Waals surface area contributed by atoms with Crippen molar-refractivity contribution in [3.05, 3.63) is 48.5 Å². The van der Waals surface area contributed by atoms with Gasteiger partial charge in [0.15, 0.2) is 0 Å². The van der Waals surface area contributed by atoms with Gasteiger partial charge in [0.05, 0.1) is 11.4 Å². The van der Waals surface area contributed by atoms with Gasteiger partial charge in [-0.2, -0.15) is 18.6 Å². The summed E-state index contributed by atoms with van der Waals surface area (Å²) in [6.45, 7) is 0. The van der Waals surface area contributed by atoms with Crippen LogP contribution in [0.4, 0.5) is 17.1 Å². The standard InChI is InChI=1S/C14H15N3O3S.Na.H/c1-17(2)13-7-3-11(4-8-13)15-16-12-5-9-14(10-6-12)20-21(18)19;;/h3-10,21H,1-2H3;;. The van der Waals surface area contributed by atoms with E-state index in [9.17, 15) is 8.42 Å². The fourth-order valence-electron chi connectivity index (χ4n) is 1.59. The molecule has 0 spiro atoms. The summed E-state index contributed by atoms with van der Waals surface area (Å²) < 4.78 is 25.4. The predicted molar refractivity (Wildman–Crippen MR) is 89.5 cm³/mol. The topological polar surface area (TPSA) is 71.3 Å². The summed E-state index contributed by atoms with van der Waals surface area (Å²) in [7, 11) is 1.04. The number of benzene rings is 2. The number of anilines is 1. The molecule has 0 amide bonds. The van der Waals surface area contributed by atoms with Gasteiger partial charge in [0.25, 0.3) is 11.0 Å². The molecule has 2 rings (SSSR count). The Morgan fingerprint density at radius 2 is 1.32 bits per heavy atom.